The van der Waals surface area contributed by atoms with Gasteiger partial charge in [0.15, 0.2) is 0 Å². The number of aromatic amines is 1. The van der Waals surface area contributed by atoms with E-state index >= 15 is 0 Å². The minimum absolute atomic E-state index is 0.125. The highest BCUT2D eigenvalue weighted by Crippen LogP contribution is 2.20. The summed E-state index contributed by atoms with van der Waals surface area (Å²) in [7, 11) is 0. The van der Waals surface area contributed by atoms with Gasteiger partial charge in [-0.05, 0) is 43.4 Å². The van der Waals surface area contributed by atoms with Gasteiger partial charge >= 0.3 is 0 Å². The maximum Gasteiger partial charge on any atom is 0.261 e. The molecule has 0 radical (unpaired) electrons. The third-order valence-corrected chi connectivity index (χ3v) is 4.91. The predicted molar refractivity (Wildman–Crippen MR) is 91.6 cm³/mol. The number of hydrogen-bond donors (Lipinski definition) is 1. The Bertz CT molecular complexity index is 812. The molecule has 0 unspecified atom stereocenters. The molecule has 3 heterocycles. The maximum atomic E-state index is 12.9. The van der Waals surface area contributed by atoms with Crippen molar-refractivity contribution in [1.82, 2.24) is 19.7 Å². The second kappa shape index (κ2) is 6.84. The molecule has 7 nitrogen and oxygen atoms in total. The Labute approximate surface area is 145 Å². The van der Waals surface area contributed by atoms with Crippen molar-refractivity contribution >= 4 is 5.91 Å². The second-order valence-electron chi connectivity index (χ2n) is 6.70. The zero-order valence-corrected chi connectivity index (χ0v) is 14.1. The summed E-state index contributed by atoms with van der Waals surface area (Å²) in [4.78, 5) is 29.9. The SMILES string of the molecule is O=C(c1cc2c([nH]c1=O)CCC2)N1CCCO[C@H](Cn2cccn2)C1. The first kappa shape index (κ1) is 16.1. The van der Waals surface area contributed by atoms with Crippen molar-refractivity contribution in [2.24, 2.45) is 0 Å². The molecular formula is C18H22N4O3. The topological polar surface area (TPSA) is 80.2 Å². The van der Waals surface area contributed by atoms with Crippen molar-refractivity contribution in [3.05, 3.63) is 51.7 Å². The van der Waals surface area contributed by atoms with E-state index < -0.39 is 0 Å². The second-order valence-corrected chi connectivity index (χ2v) is 6.70. The number of carbonyl (C=O) groups excluding carboxylic acids is 1. The Morgan fingerprint density at radius 1 is 1.36 bits per heavy atom. The van der Waals surface area contributed by atoms with E-state index in [1.165, 1.54) is 0 Å². The number of fused-ring (bicyclic) bond motifs is 1. The fourth-order valence-electron chi connectivity index (χ4n) is 3.65. The molecule has 0 saturated carbocycles. The number of H-pyrrole nitrogens is 1. The Balaban J connectivity index is 1.53. The summed E-state index contributed by atoms with van der Waals surface area (Å²) in [6.07, 6.45) is 7.10. The van der Waals surface area contributed by atoms with Crippen molar-refractivity contribution in [3.8, 4) is 0 Å². The van der Waals surface area contributed by atoms with Crippen molar-refractivity contribution in [2.45, 2.75) is 38.3 Å². The average Bonchev–Trinajstić information content (AvgIpc) is 3.21. The van der Waals surface area contributed by atoms with Crippen LogP contribution in [0.15, 0.2) is 29.3 Å². The van der Waals surface area contributed by atoms with Crippen LogP contribution in [0.4, 0.5) is 0 Å². The van der Waals surface area contributed by atoms with Crippen LogP contribution in [0.3, 0.4) is 0 Å². The molecule has 1 N–H and O–H groups in total. The highest BCUT2D eigenvalue weighted by molar-refractivity contribution is 5.94. The molecule has 2 aromatic rings. The van der Waals surface area contributed by atoms with Gasteiger partial charge in [0.25, 0.3) is 11.5 Å². The first-order chi connectivity index (χ1) is 12.2. The zero-order valence-electron chi connectivity index (χ0n) is 14.1. The van der Waals surface area contributed by atoms with E-state index in [1.807, 2.05) is 12.3 Å². The number of nitrogens with one attached hydrogen (secondary N) is 1. The Hall–Kier alpha value is -2.41. The number of hydrogen-bond acceptors (Lipinski definition) is 4. The quantitative estimate of drug-likeness (QED) is 0.902. The molecule has 7 heteroatoms. The number of rotatable bonds is 3. The van der Waals surface area contributed by atoms with Gasteiger partial charge in [-0.3, -0.25) is 14.3 Å². The molecule has 1 amide bonds. The van der Waals surface area contributed by atoms with Gasteiger partial charge in [-0.15, -0.1) is 0 Å². The van der Waals surface area contributed by atoms with Gasteiger partial charge in [-0.1, -0.05) is 0 Å². The molecule has 1 fully saturated rings. The van der Waals surface area contributed by atoms with Gasteiger partial charge in [-0.2, -0.15) is 5.10 Å². The third kappa shape index (κ3) is 3.37. The van der Waals surface area contributed by atoms with Crippen LogP contribution >= 0.6 is 0 Å². The van der Waals surface area contributed by atoms with Gasteiger partial charge in [0.05, 0.1) is 12.6 Å². The summed E-state index contributed by atoms with van der Waals surface area (Å²) in [5.41, 5.74) is 2.05. The van der Waals surface area contributed by atoms with Crippen molar-refractivity contribution in [3.63, 3.8) is 0 Å². The van der Waals surface area contributed by atoms with Gasteiger partial charge in [-0.25, -0.2) is 0 Å². The van der Waals surface area contributed by atoms with E-state index in [0.29, 0.717) is 26.2 Å². The van der Waals surface area contributed by atoms with E-state index in [0.717, 1.165) is 36.9 Å². The van der Waals surface area contributed by atoms with Crippen LogP contribution in [0.1, 0.15) is 34.5 Å². The standard InChI is InChI=1S/C18H22N4O3/c23-17-15(10-13-4-1-5-16(13)20-17)18(24)21-7-3-9-25-14(11-21)12-22-8-2-6-19-22/h2,6,8,10,14H,1,3-5,7,9,11-12H2,(H,20,23)/t14-/m0/s1. The summed E-state index contributed by atoms with van der Waals surface area (Å²) in [5.74, 6) is -0.202. The summed E-state index contributed by atoms with van der Waals surface area (Å²) >= 11 is 0. The molecule has 25 heavy (non-hydrogen) atoms. The highest BCUT2D eigenvalue weighted by atomic mass is 16.5. The molecule has 1 aliphatic heterocycles. The summed E-state index contributed by atoms with van der Waals surface area (Å²) in [6, 6.07) is 3.65. The van der Waals surface area contributed by atoms with E-state index in [1.54, 1.807) is 21.8 Å². The number of aromatic nitrogens is 3. The minimum atomic E-state index is -0.278. The monoisotopic (exact) mass is 342 g/mol. The van der Waals surface area contributed by atoms with Crippen LogP contribution in [-0.2, 0) is 24.1 Å². The summed E-state index contributed by atoms with van der Waals surface area (Å²) in [6.45, 7) is 2.27. The van der Waals surface area contributed by atoms with Gasteiger partial charge in [0, 0.05) is 37.8 Å². The number of carbonyl (C=O) groups is 1. The summed E-state index contributed by atoms with van der Waals surface area (Å²) in [5, 5.41) is 4.20. The normalized spacial score (nSPS) is 20.3. The fraction of sp³-hybridized carbons (Fsp3) is 0.500. The number of amides is 1. The van der Waals surface area contributed by atoms with Crippen molar-refractivity contribution < 1.29 is 9.53 Å². The molecular weight excluding hydrogens is 320 g/mol. The molecule has 2 aliphatic rings. The number of nitrogens with zero attached hydrogens (tertiary/aromatic N) is 3. The molecule has 2 aromatic heterocycles. The van der Waals surface area contributed by atoms with Crippen LogP contribution in [0.2, 0.25) is 0 Å². The van der Waals surface area contributed by atoms with Crippen LogP contribution in [0.5, 0.6) is 0 Å². The molecule has 1 aliphatic carbocycles. The number of aryl methyl sites for hydroxylation is 2. The molecule has 1 saturated heterocycles. The minimum Gasteiger partial charge on any atom is -0.374 e. The van der Waals surface area contributed by atoms with E-state index in [-0.39, 0.29) is 23.1 Å². The molecule has 1 atom stereocenters. The number of ether oxygens (including phenoxy) is 1. The molecule has 0 aromatic carbocycles. The lowest BCUT2D eigenvalue weighted by Gasteiger charge is -2.24. The van der Waals surface area contributed by atoms with Crippen LogP contribution in [0, 0.1) is 0 Å². The third-order valence-electron chi connectivity index (χ3n) is 4.91. The van der Waals surface area contributed by atoms with Crippen LogP contribution in [0.25, 0.3) is 0 Å². The lowest BCUT2D eigenvalue weighted by atomic mass is 10.1. The van der Waals surface area contributed by atoms with Crippen molar-refractivity contribution in [1.29, 1.82) is 0 Å². The zero-order chi connectivity index (χ0) is 17.2. The molecule has 132 valence electrons. The lowest BCUT2D eigenvalue weighted by Crippen LogP contribution is -2.40. The summed E-state index contributed by atoms with van der Waals surface area (Å²) < 4.78 is 7.66. The molecule has 4 rings (SSSR count). The first-order valence-corrected chi connectivity index (χ1v) is 8.84. The first-order valence-electron chi connectivity index (χ1n) is 8.84. The Morgan fingerprint density at radius 3 is 3.12 bits per heavy atom. The Morgan fingerprint density at radius 2 is 2.28 bits per heavy atom. The highest BCUT2D eigenvalue weighted by Gasteiger charge is 2.26. The van der Waals surface area contributed by atoms with Gasteiger partial charge < -0.3 is 14.6 Å². The maximum absolute atomic E-state index is 12.9. The predicted octanol–water partition coefficient (Wildman–Crippen LogP) is 0.991. The Kier molecular flexibility index (Phi) is 4.40. The van der Waals surface area contributed by atoms with Crippen LogP contribution in [-0.4, -0.2) is 51.4 Å². The number of pyridine rings is 1. The fourth-order valence-corrected chi connectivity index (χ4v) is 3.65. The van der Waals surface area contributed by atoms with Crippen molar-refractivity contribution in [2.75, 3.05) is 19.7 Å². The van der Waals surface area contributed by atoms with E-state index in [9.17, 15) is 9.59 Å². The van der Waals surface area contributed by atoms with Gasteiger partial charge in [0.1, 0.15) is 5.56 Å². The largest absolute Gasteiger partial charge is 0.374 e. The molecule has 0 spiro atoms. The smallest absolute Gasteiger partial charge is 0.261 e. The average molecular weight is 342 g/mol. The molecule has 0 bridgehead atoms. The lowest BCUT2D eigenvalue weighted by molar-refractivity contribution is 0.0367. The van der Waals surface area contributed by atoms with E-state index in [2.05, 4.69) is 10.1 Å². The van der Waals surface area contributed by atoms with Crippen LogP contribution < -0.4 is 5.56 Å². The van der Waals surface area contributed by atoms with E-state index in [4.69, 9.17) is 4.74 Å². The van der Waals surface area contributed by atoms with Gasteiger partial charge in [0.2, 0.25) is 0 Å².